The quantitative estimate of drug-likeness (QED) is 0.337. The molecule has 35 heavy (non-hydrogen) atoms. The molecule has 0 aliphatic carbocycles. The molecule has 2 aromatic carbocycles. The number of hydrogen-bond acceptors (Lipinski definition) is 6. The van der Waals surface area contributed by atoms with Crippen LogP contribution in [0.4, 0.5) is 30.6 Å². The third-order valence-electron chi connectivity index (χ3n) is 4.91. The molecule has 0 bridgehead atoms. The maximum atomic E-state index is 13.4. The molecule has 3 aromatic rings. The van der Waals surface area contributed by atoms with E-state index >= 15 is 0 Å². The topological polar surface area (TPSA) is 108 Å². The van der Waals surface area contributed by atoms with Gasteiger partial charge in [-0.05, 0) is 30.7 Å². The van der Waals surface area contributed by atoms with Crippen molar-refractivity contribution in [1.29, 1.82) is 0 Å². The van der Waals surface area contributed by atoms with E-state index in [1.165, 1.54) is 6.92 Å². The molecular formula is C24H25F3N6O2. The van der Waals surface area contributed by atoms with Gasteiger partial charge in [0.25, 0.3) is 5.91 Å². The second kappa shape index (κ2) is 11.3. The Morgan fingerprint density at radius 3 is 2.46 bits per heavy atom. The van der Waals surface area contributed by atoms with E-state index in [0.717, 1.165) is 5.56 Å². The number of alkyl halides is 3. The number of aromatic nitrogens is 2. The minimum absolute atomic E-state index is 0.0361. The van der Waals surface area contributed by atoms with Crippen molar-refractivity contribution in [3.8, 4) is 0 Å². The van der Waals surface area contributed by atoms with Crippen LogP contribution in [0.3, 0.4) is 0 Å². The molecule has 0 fully saturated rings. The number of rotatable bonds is 9. The highest BCUT2D eigenvalue weighted by Gasteiger charge is 2.35. The molecule has 0 spiro atoms. The fourth-order valence-corrected chi connectivity index (χ4v) is 3.18. The Bertz CT molecular complexity index is 1170. The van der Waals surface area contributed by atoms with Gasteiger partial charge in [-0.25, -0.2) is 4.98 Å². The standard InChI is InChI=1S/C24H25F3N6O2/c1-15(17-7-4-3-5-8-17)31-22(35)18-9-6-10-19(13-18)32-23-30-14-20(24(25,26)27)21(33-23)29-12-11-28-16(2)34/h3-10,13-15H,11-12H2,1-2H3,(H,28,34)(H,31,35)(H2,29,30,32,33). The van der Waals surface area contributed by atoms with Crippen LogP contribution in [-0.4, -0.2) is 34.9 Å². The van der Waals surface area contributed by atoms with Gasteiger partial charge in [0.2, 0.25) is 11.9 Å². The number of carbonyl (C=O) groups excluding carboxylic acids is 2. The monoisotopic (exact) mass is 486 g/mol. The van der Waals surface area contributed by atoms with Gasteiger partial charge >= 0.3 is 6.18 Å². The molecular weight excluding hydrogens is 461 g/mol. The zero-order valence-electron chi connectivity index (χ0n) is 19.1. The zero-order chi connectivity index (χ0) is 25.4. The van der Waals surface area contributed by atoms with Crippen LogP contribution in [-0.2, 0) is 11.0 Å². The molecule has 8 nitrogen and oxygen atoms in total. The summed E-state index contributed by atoms with van der Waals surface area (Å²) in [6, 6.07) is 15.7. The van der Waals surface area contributed by atoms with Gasteiger partial charge in [0, 0.05) is 37.5 Å². The van der Waals surface area contributed by atoms with E-state index < -0.39 is 17.6 Å². The minimum atomic E-state index is -4.66. The average Bonchev–Trinajstić information content (AvgIpc) is 2.82. The normalized spacial score (nSPS) is 11.9. The molecule has 3 rings (SSSR count). The summed E-state index contributed by atoms with van der Waals surface area (Å²) >= 11 is 0. The van der Waals surface area contributed by atoms with Gasteiger partial charge in [0.15, 0.2) is 0 Å². The largest absolute Gasteiger partial charge is 0.421 e. The van der Waals surface area contributed by atoms with Crippen LogP contribution < -0.4 is 21.3 Å². The fraction of sp³-hybridized carbons (Fsp3) is 0.250. The van der Waals surface area contributed by atoms with E-state index in [-0.39, 0.29) is 36.9 Å². The highest BCUT2D eigenvalue weighted by Crippen LogP contribution is 2.34. The van der Waals surface area contributed by atoms with Crippen molar-refractivity contribution in [2.24, 2.45) is 0 Å². The first-order valence-corrected chi connectivity index (χ1v) is 10.8. The molecule has 11 heteroatoms. The first-order chi connectivity index (χ1) is 16.6. The molecule has 1 unspecified atom stereocenters. The number of nitrogens with one attached hydrogen (secondary N) is 4. The third kappa shape index (κ3) is 7.42. The Balaban J connectivity index is 1.73. The molecule has 0 aliphatic heterocycles. The summed E-state index contributed by atoms with van der Waals surface area (Å²) < 4.78 is 40.1. The molecule has 184 valence electrons. The number of nitrogens with zero attached hydrogens (tertiary/aromatic N) is 2. The second-order valence-corrected chi connectivity index (χ2v) is 7.68. The summed E-state index contributed by atoms with van der Waals surface area (Å²) in [6.45, 7) is 3.34. The van der Waals surface area contributed by atoms with Gasteiger partial charge in [-0.3, -0.25) is 9.59 Å². The summed E-state index contributed by atoms with van der Waals surface area (Å²) in [5.41, 5.74) is 0.702. The van der Waals surface area contributed by atoms with E-state index in [1.54, 1.807) is 24.3 Å². The third-order valence-corrected chi connectivity index (χ3v) is 4.91. The molecule has 1 heterocycles. The summed E-state index contributed by atoms with van der Waals surface area (Å²) in [4.78, 5) is 31.4. The van der Waals surface area contributed by atoms with Crippen LogP contribution in [0, 0.1) is 0 Å². The van der Waals surface area contributed by atoms with Crippen molar-refractivity contribution in [3.05, 3.63) is 77.5 Å². The highest BCUT2D eigenvalue weighted by molar-refractivity contribution is 5.95. The van der Waals surface area contributed by atoms with Crippen molar-refractivity contribution in [1.82, 2.24) is 20.6 Å². The van der Waals surface area contributed by atoms with E-state index in [4.69, 9.17) is 0 Å². The van der Waals surface area contributed by atoms with Crippen LogP contribution in [0.15, 0.2) is 60.8 Å². The zero-order valence-corrected chi connectivity index (χ0v) is 19.1. The lowest BCUT2D eigenvalue weighted by Crippen LogP contribution is -2.27. The lowest BCUT2D eigenvalue weighted by Gasteiger charge is -2.16. The van der Waals surface area contributed by atoms with Gasteiger partial charge in [-0.15, -0.1) is 0 Å². The van der Waals surface area contributed by atoms with E-state index in [9.17, 15) is 22.8 Å². The first-order valence-electron chi connectivity index (χ1n) is 10.8. The number of halogens is 3. The summed E-state index contributed by atoms with van der Waals surface area (Å²) in [7, 11) is 0. The molecule has 0 saturated carbocycles. The van der Waals surface area contributed by atoms with E-state index in [1.807, 2.05) is 37.3 Å². The average molecular weight is 486 g/mol. The number of amides is 2. The molecule has 1 atom stereocenters. The molecule has 1 aromatic heterocycles. The van der Waals surface area contributed by atoms with Crippen molar-refractivity contribution in [2.45, 2.75) is 26.1 Å². The minimum Gasteiger partial charge on any atom is -0.368 e. The molecule has 4 N–H and O–H groups in total. The van der Waals surface area contributed by atoms with Crippen molar-refractivity contribution < 1.29 is 22.8 Å². The Kier molecular flexibility index (Phi) is 8.24. The summed E-state index contributed by atoms with van der Waals surface area (Å²) in [6.07, 6.45) is -3.99. The Morgan fingerprint density at radius 2 is 1.77 bits per heavy atom. The van der Waals surface area contributed by atoms with Gasteiger partial charge in [-0.2, -0.15) is 18.2 Å². The first kappa shape index (κ1) is 25.5. The second-order valence-electron chi connectivity index (χ2n) is 7.68. The van der Waals surface area contributed by atoms with E-state index in [2.05, 4.69) is 31.2 Å². The number of hydrogen-bond donors (Lipinski definition) is 4. The molecule has 0 aliphatic rings. The SMILES string of the molecule is CC(=O)NCCNc1nc(Nc2cccc(C(=O)NC(C)c3ccccc3)c2)ncc1C(F)(F)F. The van der Waals surface area contributed by atoms with Crippen LogP contribution in [0.1, 0.15) is 41.4 Å². The lowest BCUT2D eigenvalue weighted by molar-refractivity contribution is -0.137. The predicted molar refractivity (Wildman–Crippen MR) is 126 cm³/mol. The van der Waals surface area contributed by atoms with Gasteiger partial charge in [0.05, 0.1) is 6.04 Å². The maximum Gasteiger partial charge on any atom is 0.421 e. The lowest BCUT2D eigenvalue weighted by atomic mass is 10.1. The van der Waals surface area contributed by atoms with Crippen LogP contribution >= 0.6 is 0 Å². The Hall–Kier alpha value is -4.15. The van der Waals surface area contributed by atoms with Crippen LogP contribution in [0.2, 0.25) is 0 Å². The van der Waals surface area contributed by atoms with E-state index in [0.29, 0.717) is 17.4 Å². The molecule has 2 amide bonds. The summed E-state index contributed by atoms with van der Waals surface area (Å²) in [5, 5.41) is 10.8. The Morgan fingerprint density at radius 1 is 1.03 bits per heavy atom. The van der Waals surface area contributed by atoms with Crippen molar-refractivity contribution in [3.63, 3.8) is 0 Å². The number of benzene rings is 2. The number of anilines is 3. The van der Waals surface area contributed by atoms with Crippen molar-refractivity contribution in [2.75, 3.05) is 23.7 Å². The Labute approximate surface area is 200 Å². The molecule has 0 radical (unpaired) electrons. The van der Waals surface area contributed by atoms with Gasteiger partial charge in [0.1, 0.15) is 11.4 Å². The van der Waals surface area contributed by atoms with Gasteiger partial charge < -0.3 is 21.3 Å². The van der Waals surface area contributed by atoms with Gasteiger partial charge in [-0.1, -0.05) is 36.4 Å². The predicted octanol–water partition coefficient (Wildman–Crippen LogP) is 4.28. The van der Waals surface area contributed by atoms with Crippen LogP contribution in [0.5, 0.6) is 0 Å². The highest BCUT2D eigenvalue weighted by atomic mass is 19.4. The van der Waals surface area contributed by atoms with Crippen molar-refractivity contribution >= 4 is 29.3 Å². The maximum absolute atomic E-state index is 13.4. The fourth-order valence-electron chi connectivity index (χ4n) is 3.18. The van der Waals surface area contributed by atoms with Crippen LogP contribution in [0.25, 0.3) is 0 Å². The smallest absolute Gasteiger partial charge is 0.368 e. The molecule has 0 saturated heterocycles. The summed E-state index contributed by atoms with van der Waals surface area (Å²) in [5.74, 6) is -1.12. The number of carbonyl (C=O) groups is 2.